The molecule has 0 heterocycles. The Morgan fingerprint density at radius 3 is 2.55 bits per heavy atom. The summed E-state index contributed by atoms with van der Waals surface area (Å²) in [5.74, 6) is 1.07. The zero-order valence-corrected chi connectivity index (χ0v) is 13.4. The zero-order chi connectivity index (χ0) is 15.1. The van der Waals surface area contributed by atoms with Crippen LogP contribution in [-0.2, 0) is 0 Å². The van der Waals surface area contributed by atoms with E-state index in [1.54, 1.807) is 0 Å². The molecule has 1 rings (SSSR count). The van der Waals surface area contributed by atoms with Crippen LogP contribution in [0.3, 0.4) is 0 Å². The van der Waals surface area contributed by atoms with E-state index in [2.05, 4.69) is 38.3 Å². The van der Waals surface area contributed by atoms with E-state index in [-0.39, 0.29) is 5.91 Å². The molecule has 0 saturated carbocycles. The summed E-state index contributed by atoms with van der Waals surface area (Å²) in [4.78, 5) is 12.3. The third kappa shape index (κ3) is 4.87. The molecule has 3 heteroatoms. The van der Waals surface area contributed by atoms with Gasteiger partial charge >= 0.3 is 0 Å². The maximum Gasteiger partial charge on any atom is 0.253 e. The van der Waals surface area contributed by atoms with Crippen molar-refractivity contribution in [2.75, 3.05) is 18.4 Å². The van der Waals surface area contributed by atoms with Crippen LogP contribution < -0.4 is 10.6 Å². The molecule has 0 aliphatic heterocycles. The van der Waals surface area contributed by atoms with Crippen LogP contribution >= 0.6 is 0 Å². The molecule has 0 spiro atoms. The van der Waals surface area contributed by atoms with Gasteiger partial charge in [-0.2, -0.15) is 0 Å². The molecule has 0 saturated heterocycles. The van der Waals surface area contributed by atoms with Gasteiger partial charge in [0, 0.05) is 18.8 Å². The molecule has 1 aromatic carbocycles. The van der Waals surface area contributed by atoms with E-state index in [0.717, 1.165) is 36.3 Å². The molecule has 3 nitrogen and oxygen atoms in total. The fraction of sp³-hybridized carbons (Fsp3) is 0.588. The number of rotatable bonds is 7. The monoisotopic (exact) mass is 276 g/mol. The van der Waals surface area contributed by atoms with Crippen LogP contribution in [-0.4, -0.2) is 19.0 Å². The van der Waals surface area contributed by atoms with Crippen molar-refractivity contribution in [3.05, 3.63) is 29.3 Å². The molecule has 0 aliphatic rings. The standard InChI is InChI=1S/C17H28N2O/c1-6-9-18-16-10-13(4)7-8-15(16)17(20)19-11-14(5)12(2)3/h7-8,10,12,14,18H,6,9,11H2,1-5H3,(H,19,20). The van der Waals surface area contributed by atoms with Gasteiger partial charge in [0.1, 0.15) is 0 Å². The zero-order valence-electron chi connectivity index (χ0n) is 13.4. The number of anilines is 1. The van der Waals surface area contributed by atoms with Gasteiger partial charge in [-0.3, -0.25) is 4.79 Å². The second kappa shape index (κ2) is 7.93. The van der Waals surface area contributed by atoms with Crippen molar-refractivity contribution in [2.24, 2.45) is 11.8 Å². The molecule has 0 aliphatic carbocycles. The molecule has 112 valence electrons. The van der Waals surface area contributed by atoms with Gasteiger partial charge < -0.3 is 10.6 Å². The first-order chi connectivity index (χ1) is 9.45. The molecule has 1 unspecified atom stereocenters. The van der Waals surface area contributed by atoms with Crippen LogP contribution in [0, 0.1) is 18.8 Å². The molecular formula is C17H28N2O. The number of hydrogen-bond acceptors (Lipinski definition) is 2. The average molecular weight is 276 g/mol. The highest BCUT2D eigenvalue weighted by molar-refractivity contribution is 5.99. The number of amides is 1. The van der Waals surface area contributed by atoms with Gasteiger partial charge in [0.25, 0.3) is 5.91 Å². The molecule has 1 aromatic rings. The molecule has 20 heavy (non-hydrogen) atoms. The first kappa shape index (κ1) is 16.5. The van der Waals surface area contributed by atoms with Crippen LogP contribution in [0.5, 0.6) is 0 Å². The van der Waals surface area contributed by atoms with Crippen molar-refractivity contribution < 1.29 is 4.79 Å². The number of benzene rings is 1. The topological polar surface area (TPSA) is 41.1 Å². The number of nitrogens with one attached hydrogen (secondary N) is 2. The Balaban J connectivity index is 2.76. The maximum atomic E-state index is 12.3. The Morgan fingerprint density at radius 1 is 1.25 bits per heavy atom. The fourth-order valence-corrected chi connectivity index (χ4v) is 1.85. The molecule has 0 fully saturated rings. The van der Waals surface area contributed by atoms with Gasteiger partial charge in [-0.25, -0.2) is 0 Å². The second-order valence-corrected chi connectivity index (χ2v) is 5.91. The minimum Gasteiger partial charge on any atom is -0.384 e. The minimum absolute atomic E-state index is 0.0103. The largest absolute Gasteiger partial charge is 0.384 e. The summed E-state index contributed by atoms with van der Waals surface area (Å²) in [5, 5.41) is 6.37. The van der Waals surface area contributed by atoms with Crippen LogP contribution in [0.2, 0.25) is 0 Å². The summed E-state index contributed by atoms with van der Waals surface area (Å²) in [5.41, 5.74) is 2.83. The Morgan fingerprint density at radius 2 is 1.95 bits per heavy atom. The van der Waals surface area contributed by atoms with Crippen molar-refractivity contribution in [1.29, 1.82) is 0 Å². The number of carbonyl (C=O) groups excluding carboxylic acids is 1. The quantitative estimate of drug-likeness (QED) is 0.794. The average Bonchev–Trinajstić information content (AvgIpc) is 2.42. The van der Waals surface area contributed by atoms with E-state index in [1.807, 2.05) is 25.1 Å². The van der Waals surface area contributed by atoms with Crippen molar-refractivity contribution in [2.45, 2.75) is 41.0 Å². The molecule has 0 aromatic heterocycles. The molecule has 2 N–H and O–H groups in total. The Bertz CT molecular complexity index is 441. The van der Waals surface area contributed by atoms with Gasteiger partial charge in [-0.1, -0.05) is 33.8 Å². The van der Waals surface area contributed by atoms with Crippen LogP contribution in [0.15, 0.2) is 18.2 Å². The van der Waals surface area contributed by atoms with Crippen molar-refractivity contribution in [3.63, 3.8) is 0 Å². The van der Waals surface area contributed by atoms with Crippen LogP contribution in [0.4, 0.5) is 5.69 Å². The van der Waals surface area contributed by atoms with Crippen LogP contribution in [0.25, 0.3) is 0 Å². The third-order valence-corrected chi connectivity index (χ3v) is 3.71. The normalized spacial score (nSPS) is 12.3. The maximum absolute atomic E-state index is 12.3. The van der Waals surface area contributed by atoms with Crippen molar-refractivity contribution in [1.82, 2.24) is 5.32 Å². The summed E-state index contributed by atoms with van der Waals surface area (Å²) < 4.78 is 0. The van der Waals surface area contributed by atoms with E-state index < -0.39 is 0 Å². The lowest BCUT2D eigenvalue weighted by molar-refractivity contribution is 0.0945. The lowest BCUT2D eigenvalue weighted by atomic mass is 9.98. The number of aryl methyl sites for hydroxylation is 1. The molecular weight excluding hydrogens is 248 g/mol. The van der Waals surface area contributed by atoms with Crippen molar-refractivity contribution >= 4 is 11.6 Å². The molecule has 1 amide bonds. The van der Waals surface area contributed by atoms with Crippen molar-refractivity contribution in [3.8, 4) is 0 Å². The lowest BCUT2D eigenvalue weighted by Crippen LogP contribution is -2.30. The first-order valence-corrected chi connectivity index (χ1v) is 7.58. The highest BCUT2D eigenvalue weighted by Crippen LogP contribution is 2.18. The Kier molecular flexibility index (Phi) is 6.56. The predicted molar refractivity (Wildman–Crippen MR) is 86.3 cm³/mol. The van der Waals surface area contributed by atoms with E-state index >= 15 is 0 Å². The highest BCUT2D eigenvalue weighted by Gasteiger charge is 2.13. The Labute approximate surface area is 123 Å². The minimum atomic E-state index is 0.0103. The summed E-state index contributed by atoms with van der Waals surface area (Å²) in [6.45, 7) is 12.3. The predicted octanol–water partition coefficient (Wildman–Crippen LogP) is 3.84. The summed E-state index contributed by atoms with van der Waals surface area (Å²) >= 11 is 0. The summed E-state index contributed by atoms with van der Waals surface area (Å²) in [6.07, 6.45) is 1.04. The van der Waals surface area contributed by atoms with Gasteiger partial charge in [0.15, 0.2) is 0 Å². The summed E-state index contributed by atoms with van der Waals surface area (Å²) in [6, 6.07) is 5.93. The van der Waals surface area contributed by atoms with Gasteiger partial charge in [0.05, 0.1) is 5.56 Å². The third-order valence-electron chi connectivity index (χ3n) is 3.71. The summed E-state index contributed by atoms with van der Waals surface area (Å²) in [7, 11) is 0. The first-order valence-electron chi connectivity index (χ1n) is 7.58. The SMILES string of the molecule is CCCNc1cc(C)ccc1C(=O)NCC(C)C(C)C. The highest BCUT2D eigenvalue weighted by atomic mass is 16.1. The van der Waals surface area contributed by atoms with Crippen LogP contribution in [0.1, 0.15) is 50.0 Å². The number of carbonyl (C=O) groups is 1. The van der Waals surface area contributed by atoms with E-state index in [1.165, 1.54) is 0 Å². The van der Waals surface area contributed by atoms with Gasteiger partial charge in [0.2, 0.25) is 0 Å². The van der Waals surface area contributed by atoms with Gasteiger partial charge in [-0.05, 0) is 42.9 Å². The van der Waals surface area contributed by atoms with E-state index in [0.29, 0.717) is 11.8 Å². The van der Waals surface area contributed by atoms with E-state index in [4.69, 9.17) is 0 Å². The number of hydrogen-bond donors (Lipinski definition) is 2. The molecule has 0 bridgehead atoms. The van der Waals surface area contributed by atoms with E-state index in [9.17, 15) is 4.79 Å². The fourth-order valence-electron chi connectivity index (χ4n) is 1.85. The lowest BCUT2D eigenvalue weighted by Gasteiger charge is -2.17. The smallest absolute Gasteiger partial charge is 0.253 e. The molecule has 0 radical (unpaired) electrons. The Hall–Kier alpha value is -1.51. The molecule has 1 atom stereocenters. The second-order valence-electron chi connectivity index (χ2n) is 5.91. The van der Waals surface area contributed by atoms with Gasteiger partial charge in [-0.15, -0.1) is 0 Å².